The number of hydrogen-bond acceptors (Lipinski definition) is 3. The van der Waals surface area contributed by atoms with Crippen LogP contribution < -0.4 is 10.1 Å². The van der Waals surface area contributed by atoms with Gasteiger partial charge in [0.2, 0.25) is 0 Å². The Labute approximate surface area is 128 Å². The third-order valence-corrected chi connectivity index (χ3v) is 3.68. The lowest BCUT2D eigenvalue weighted by molar-refractivity contribution is 0.219. The van der Waals surface area contributed by atoms with Crippen molar-refractivity contribution in [2.24, 2.45) is 5.92 Å². The predicted molar refractivity (Wildman–Crippen MR) is 87.3 cm³/mol. The monoisotopic (exact) mass is 286 g/mol. The molecule has 0 aliphatic heterocycles. The Bertz CT molecular complexity index is 463. The van der Waals surface area contributed by atoms with E-state index in [9.17, 15) is 0 Å². The van der Waals surface area contributed by atoms with Crippen molar-refractivity contribution in [2.45, 2.75) is 26.3 Å². The van der Waals surface area contributed by atoms with Crippen LogP contribution in [0.4, 0.5) is 0 Å². The summed E-state index contributed by atoms with van der Waals surface area (Å²) >= 11 is 0. The second kappa shape index (κ2) is 8.71. The van der Waals surface area contributed by atoms with Crippen molar-refractivity contribution in [1.29, 1.82) is 0 Å². The van der Waals surface area contributed by atoms with Crippen LogP contribution in [0.1, 0.15) is 25.3 Å². The van der Waals surface area contributed by atoms with Gasteiger partial charge in [-0.2, -0.15) is 0 Å². The number of ether oxygens (including phenoxy) is 1. The first kappa shape index (κ1) is 15.9. The van der Waals surface area contributed by atoms with Crippen molar-refractivity contribution >= 4 is 0 Å². The minimum absolute atomic E-state index is 0.694. The molecule has 0 spiro atoms. The highest BCUT2D eigenvalue weighted by molar-refractivity contribution is 5.28. The van der Waals surface area contributed by atoms with Crippen LogP contribution in [-0.4, -0.2) is 37.7 Å². The maximum atomic E-state index is 5.87. The van der Waals surface area contributed by atoms with E-state index in [4.69, 9.17) is 11.2 Å². The Balaban J connectivity index is 1.74. The SMILES string of the molecule is C#CCN(CCOc1cccc(CNCC)c1)CC1CC1. The van der Waals surface area contributed by atoms with Gasteiger partial charge in [-0.15, -0.1) is 6.42 Å². The molecule has 0 radical (unpaired) electrons. The van der Waals surface area contributed by atoms with Crippen LogP contribution in [0, 0.1) is 18.3 Å². The van der Waals surface area contributed by atoms with E-state index < -0.39 is 0 Å². The topological polar surface area (TPSA) is 24.5 Å². The van der Waals surface area contributed by atoms with Gasteiger partial charge in [-0.05, 0) is 43.0 Å². The predicted octanol–water partition coefficient (Wildman–Crippen LogP) is 2.52. The first-order chi connectivity index (χ1) is 10.3. The van der Waals surface area contributed by atoms with Gasteiger partial charge >= 0.3 is 0 Å². The van der Waals surface area contributed by atoms with Crippen LogP contribution in [0.2, 0.25) is 0 Å². The number of benzene rings is 1. The smallest absolute Gasteiger partial charge is 0.119 e. The van der Waals surface area contributed by atoms with Crippen LogP contribution in [0.5, 0.6) is 5.75 Å². The molecule has 0 unspecified atom stereocenters. The molecule has 0 aromatic heterocycles. The summed E-state index contributed by atoms with van der Waals surface area (Å²) in [5, 5.41) is 3.33. The summed E-state index contributed by atoms with van der Waals surface area (Å²) in [5.74, 6) is 4.55. The minimum Gasteiger partial charge on any atom is -0.492 e. The van der Waals surface area contributed by atoms with Crippen molar-refractivity contribution in [3.05, 3.63) is 29.8 Å². The van der Waals surface area contributed by atoms with E-state index in [2.05, 4.69) is 35.2 Å². The van der Waals surface area contributed by atoms with Crippen molar-refractivity contribution < 1.29 is 4.74 Å². The van der Waals surface area contributed by atoms with Gasteiger partial charge < -0.3 is 10.1 Å². The van der Waals surface area contributed by atoms with Gasteiger partial charge in [0.25, 0.3) is 0 Å². The molecule has 0 atom stereocenters. The van der Waals surface area contributed by atoms with Gasteiger partial charge in [-0.1, -0.05) is 25.0 Å². The Morgan fingerprint density at radius 2 is 2.29 bits per heavy atom. The van der Waals surface area contributed by atoms with Crippen molar-refractivity contribution in [3.8, 4) is 18.1 Å². The summed E-state index contributed by atoms with van der Waals surface area (Å²) in [6, 6.07) is 8.29. The van der Waals surface area contributed by atoms with Crippen LogP contribution in [-0.2, 0) is 6.54 Å². The Hall–Kier alpha value is -1.50. The van der Waals surface area contributed by atoms with E-state index in [1.165, 1.54) is 18.4 Å². The first-order valence-corrected chi connectivity index (χ1v) is 7.90. The van der Waals surface area contributed by atoms with Crippen LogP contribution in [0.25, 0.3) is 0 Å². The Kier molecular flexibility index (Phi) is 6.59. The van der Waals surface area contributed by atoms with E-state index >= 15 is 0 Å². The molecule has 2 rings (SSSR count). The van der Waals surface area contributed by atoms with Gasteiger partial charge in [0.1, 0.15) is 12.4 Å². The molecule has 1 fully saturated rings. The summed E-state index contributed by atoms with van der Waals surface area (Å²) in [6.07, 6.45) is 8.15. The standard InChI is InChI=1S/C18H26N2O/c1-3-10-20(15-16-8-9-16)11-12-21-18-7-5-6-17(13-18)14-19-4-2/h1,5-7,13,16,19H,4,8-12,14-15H2,2H3. The summed E-state index contributed by atoms with van der Waals surface area (Å²) in [4.78, 5) is 2.32. The zero-order chi connectivity index (χ0) is 14.9. The zero-order valence-electron chi connectivity index (χ0n) is 13.0. The summed E-state index contributed by atoms with van der Waals surface area (Å²) in [5.41, 5.74) is 1.26. The van der Waals surface area contributed by atoms with Gasteiger partial charge in [-0.3, -0.25) is 4.90 Å². The largest absolute Gasteiger partial charge is 0.492 e. The third-order valence-electron chi connectivity index (χ3n) is 3.68. The lowest BCUT2D eigenvalue weighted by Gasteiger charge is -2.19. The number of terminal acetylenes is 1. The molecule has 1 aromatic carbocycles. The fraction of sp³-hybridized carbons (Fsp3) is 0.556. The fourth-order valence-corrected chi connectivity index (χ4v) is 2.34. The molecule has 3 heteroatoms. The van der Waals surface area contributed by atoms with E-state index in [0.29, 0.717) is 6.61 Å². The van der Waals surface area contributed by atoms with Gasteiger partial charge in [0.15, 0.2) is 0 Å². The highest BCUT2D eigenvalue weighted by Gasteiger charge is 2.23. The molecule has 1 saturated carbocycles. The lowest BCUT2D eigenvalue weighted by Crippen LogP contribution is -2.30. The van der Waals surface area contributed by atoms with E-state index in [-0.39, 0.29) is 0 Å². The average molecular weight is 286 g/mol. The second-order valence-electron chi connectivity index (χ2n) is 5.66. The van der Waals surface area contributed by atoms with Crippen molar-refractivity contribution in [1.82, 2.24) is 10.2 Å². The maximum absolute atomic E-state index is 5.87. The van der Waals surface area contributed by atoms with Crippen molar-refractivity contribution in [3.63, 3.8) is 0 Å². The third kappa shape index (κ3) is 6.20. The van der Waals surface area contributed by atoms with E-state index in [1.54, 1.807) is 0 Å². The Morgan fingerprint density at radius 3 is 3.00 bits per heavy atom. The highest BCUT2D eigenvalue weighted by Crippen LogP contribution is 2.29. The zero-order valence-corrected chi connectivity index (χ0v) is 13.0. The highest BCUT2D eigenvalue weighted by atomic mass is 16.5. The number of rotatable bonds is 10. The van der Waals surface area contributed by atoms with E-state index in [0.717, 1.165) is 44.4 Å². The maximum Gasteiger partial charge on any atom is 0.119 e. The number of nitrogens with zero attached hydrogens (tertiary/aromatic N) is 1. The Morgan fingerprint density at radius 1 is 1.43 bits per heavy atom. The van der Waals surface area contributed by atoms with E-state index in [1.807, 2.05) is 12.1 Å². The average Bonchev–Trinajstić information content (AvgIpc) is 3.30. The molecule has 1 aliphatic rings. The molecule has 1 N–H and O–H groups in total. The summed E-state index contributed by atoms with van der Waals surface area (Å²) < 4.78 is 5.87. The minimum atomic E-state index is 0.694. The molecule has 1 aromatic rings. The fourth-order valence-electron chi connectivity index (χ4n) is 2.34. The quantitative estimate of drug-likeness (QED) is 0.669. The molecular formula is C18H26N2O. The normalized spacial score (nSPS) is 14.1. The van der Waals surface area contributed by atoms with Crippen molar-refractivity contribution in [2.75, 3.05) is 32.8 Å². The molecule has 0 heterocycles. The van der Waals surface area contributed by atoms with Gasteiger partial charge in [0.05, 0.1) is 6.54 Å². The molecular weight excluding hydrogens is 260 g/mol. The second-order valence-corrected chi connectivity index (χ2v) is 5.66. The lowest BCUT2D eigenvalue weighted by atomic mass is 10.2. The molecule has 0 saturated heterocycles. The number of nitrogens with one attached hydrogen (secondary N) is 1. The van der Waals surface area contributed by atoms with Gasteiger partial charge in [0, 0.05) is 19.6 Å². The molecule has 0 amide bonds. The van der Waals surface area contributed by atoms with Gasteiger partial charge in [-0.25, -0.2) is 0 Å². The molecule has 21 heavy (non-hydrogen) atoms. The number of hydrogen-bond donors (Lipinski definition) is 1. The molecule has 114 valence electrons. The van der Waals surface area contributed by atoms with Crippen LogP contribution >= 0.6 is 0 Å². The molecule has 1 aliphatic carbocycles. The molecule has 0 bridgehead atoms. The molecule has 3 nitrogen and oxygen atoms in total. The van der Waals surface area contributed by atoms with Crippen LogP contribution in [0.15, 0.2) is 24.3 Å². The summed E-state index contributed by atoms with van der Waals surface area (Å²) in [7, 11) is 0. The van der Waals surface area contributed by atoms with Crippen LogP contribution in [0.3, 0.4) is 0 Å². The first-order valence-electron chi connectivity index (χ1n) is 7.90. The summed E-state index contributed by atoms with van der Waals surface area (Å²) in [6.45, 7) is 7.41.